The first-order valence-corrected chi connectivity index (χ1v) is 10.1. The van der Waals surface area contributed by atoms with Crippen LogP contribution in [0.1, 0.15) is 38.3 Å². The number of esters is 1. The average Bonchev–Trinajstić information content (AvgIpc) is 2.77. The fraction of sp³-hybridized carbons (Fsp3) is 0.280. The number of carbonyl (C=O) groups is 2. The molecule has 7 heteroatoms. The number of benzene rings is 2. The largest absolute Gasteiger partial charge is 0.508 e. The fourth-order valence-corrected chi connectivity index (χ4v) is 3.40. The first-order valence-electron chi connectivity index (χ1n) is 10.1. The molecule has 0 aliphatic rings. The quantitative estimate of drug-likeness (QED) is 0.266. The van der Waals surface area contributed by atoms with Crippen molar-refractivity contribution in [3.8, 4) is 11.5 Å². The Morgan fingerprint density at radius 1 is 0.938 bits per heavy atom. The zero-order valence-electron chi connectivity index (χ0n) is 18.3. The summed E-state index contributed by atoms with van der Waals surface area (Å²) in [7, 11) is 0. The number of hydrogen-bond acceptors (Lipinski definition) is 6. The summed E-state index contributed by atoms with van der Waals surface area (Å²) in [4.78, 5) is 24.0. The molecule has 2 aromatic rings. The van der Waals surface area contributed by atoms with Gasteiger partial charge in [0.25, 0.3) is 0 Å². The lowest BCUT2D eigenvalue weighted by Gasteiger charge is -2.32. The summed E-state index contributed by atoms with van der Waals surface area (Å²) in [6.45, 7) is 4.43. The molecule has 0 unspecified atom stereocenters. The molecule has 7 nitrogen and oxygen atoms in total. The summed E-state index contributed by atoms with van der Waals surface area (Å²) in [5.74, 6) is -1.57. The van der Waals surface area contributed by atoms with Gasteiger partial charge in [-0.3, -0.25) is 0 Å². The number of carboxylic acids is 1. The number of ether oxygens (including phenoxy) is 1. The Balaban J connectivity index is 2.67. The second-order valence-electron chi connectivity index (χ2n) is 7.74. The van der Waals surface area contributed by atoms with E-state index in [9.17, 15) is 24.9 Å². The normalized spacial score (nSPS) is 12.8. The van der Waals surface area contributed by atoms with Gasteiger partial charge in [-0.25, -0.2) is 9.59 Å². The third kappa shape index (κ3) is 5.98. The number of allylic oxidation sites excluding steroid dienone is 2. The molecule has 0 radical (unpaired) electrons. The number of carboxylic acid groups (broad SMARTS) is 1. The molecule has 4 N–H and O–H groups in total. The molecule has 0 heterocycles. The van der Waals surface area contributed by atoms with E-state index in [1.807, 2.05) is 6.92 Å². The van der Waals surface area contributed by atoms with Crippen LogP contribution < -0.4 is 0 Å². The highest BCUT2D eigenvalue weighted by Crippen LogP contribution is 2.40. The van der Waals surface area contributed by atoms with E-state index in [0.717, 1.165) is 11.1 Å². The Morgan fingerprint density at radius 2 is 1.41 bits per heavy atom. The molecular weight excluding hydrogens is 412 g/mol. The molecule has 0 amide bonds. The van der Waals surface area contributed by atoms with Crippen LogP contribution >= 0.6 is 0 Å². The van der Waals surface area contributed by atoms with Crippen molar-refractivity contribution in [2.75, 3.05) is 13.2 Å². The van der Waals surface area contributed by atoms with Gasteiger partial charge in [0, 0.05) is 16.6 Å². The maximum Gasteiger partial charge on any atom is 0.334 e. The van der Waals surface area contributed by atoms with Crippen molar-refractivity contribution >= 4 is 11.9 Å². The number of aliphatic hydroxyl groups excluding tert-OH is 1. The van der Waals surface area contributed by atoms with Gasteiger partial charge in [0.05, 0.1) is 6.61 Å². The van der Waals surface area contributed by atoms with Gasteiger partial charge in [0.1, 0.15) is 18.1 Å². The molecule has 0 bridgehead atoms. The molecule has 0 aliphatic carbocycles. The maximum atomic E-state index is 12.5. The summed E-state index contributed by atoms with van der Waals surface area (Å²) in [5.41, 5.74) is 1.62. The number of phenolic OH excluding ortho intramolecular Hbond substituents is 2. The molecule has 0 saturated carbocycles. The maximum absolute atomic E-state index is 12.5. The van der Waals surface area contributed by atoms with Crippen LogP contribution in [0.25, 0.3) is 0 Å². The monoisotopic (exact) mass is 440 g/mol. The second-order valence-corrected chi connectivity index (χ2v) is 7.74. The Kier molecular flexibility index (Phi) is 8.21. The third-order valence-electron chi connectivity index (χ3n) is 5.39. The van der Waals surface area contributed by atoms with Crippen LogP contribution in [-0.4, -0.2) is 45.6 Å². The Labute approximate surface area is 186 Å². The van der Waals surface area contributed by atoms with E-state index < -0.39 is 17.4 Å². The minimum absolute atomic E-state index is 0.0491. The summed E-state index contributed by atoms with van der Waals surface area (Å²) in [6, 6.07) is 13.2. The van der Waals surface area contributed by atoms with Gasteiger partial charge in [-0.05, 0) is 67.3 Å². The SMILES string of the molecule is CC(=CC(CC(C)(c1ccc(O)cc1)c1ccc(O)cc1)=C(C)C(=O)OCCO)C(=O)O. The van der Waals surface area contributed by atoms with Crippen molar-refractivity contribution in [2.24, 2.45) is 0 Å². The zero-order chi connectivity index (χ0) is 23.9. The molecule has 170 valence electrons. The van der Waals surface area contributed by atoms with Crippen molar-refractivity contribution in [3.05, 3.63) is 82.5 Å². The molecule has 2 rings (SSSR count). The van der Waals surface area contributed by atoms with Crippen molar-refractivity contribution in [3.63, 3.8) is 0 Å². The molecule has 0 atom stereocenters. The van der Waals surface area contributed by atoms with Gasteiger partial charge in [-0.1, -0.05) is 31.2 Å². The number of aliphatic hydroxyl groups is 1. The van der Waals surface area contributed by atoms with Crippen molar-refractivity contribution < 1.29 is 34.8 Å². The Morgan fingerprint density at radius 3 is 1.81 bits per heavy atom. The predicted molar refractivity (Wildman–Crippen MR) is 119 cm³/mol. The highest BCUT2D eigenvalue weighted by atomic mass is 16.5. The highest BCUT2D eigenvalue weighted by molar-refractivity contribution is 5.91. The molecule has 0 fully saturated rings. The van der Waals surface area contributed by atoms with Crippen LogP contribution in [0.15, 0.2) is 71.3 Å². The van der Waals surface area contributed by atoms with Crippen molar-refractivity contribution in [2.45, 2.75) is 32.6 Å². The van der Waals surface area contributed by atoms with E-state index in [4.69, 9.17) is 9.84 Å². The Hall–Kier alpha value is -3.58. The molecule has 2 aromatic carbocycles. The molecule has 0 aromatic heterocycles. The third-order valence-corrected chi connectivity index (χ3v) is 5.39. The number of aliphatic carboxylic acids is 1. The van der Waals surface area contributed by atoms with Crippen LogP contribution in [-0.2, 0) is 19.7 Å². The van der Waals surface area contributed by atoms with Gasteiger partial charge in [0.2, 0.25) is 0 Å². The van der Waals surface area contributed by atoms with Crippen LogP contribution in [0.2, 0.25) is 0 Å². The molecule has 0 aliphatic heterocycles. The first kappa shape index (κ1) is 24.7. The van der Waals surface area contributed by atoms with Gasteiger partial charge >= 0.3 is 11.9 Å². The molecule has 32 heavy (non-hydrogen) atoms. The minimum Gasteiger partial charge on any atom is -0.508 e. The zero-order valence-corrected chi connectivity index (χ0v) is 18.3. The summed E-state index contributed by atoms with van der Waals surface area (Å²) < 4.78 is 5.04. The summed E-state index contributed by atoms with van der Waals surface area (Å²) in [6.07, 6.45) is 1.67. The van der Waals surface area contributed by atoms with Crippen LogP contribution in [0.4, 0.5) is 0 Å². The van der Waals surface area contributed by atoms with Gasteiger partial charge in [-0.15, -0.1) is 0 Å². The van der Waals surface area contributed by atoms with Crippen LogP contribution in [0.3, 0.4) is 0 Å². The van der Waals surface area contributed by atoms with Gasteiger partial charge in [-0.2, -0.15) is 0 Å². The lowest BCUT2D eigenvalue weighted by Crippen LogP contribution is -2.25. The predicted octanol–water partition coefficient (Wildman–Crippen LogP) is 3.68. The lowest BCUT2D eigenvalue weighted by atomic mass is 9.71. The van der Waals surface area contributed by atoms with Crippen molar-refractivity contribution in [1.82, 2.24) is 0 Å². The number of aromatic hydroxyl groups is 2. The van der Waals surface area contributed by atoms with E-state index in [2.05, 4.69) is 0 Å². The number of carbonyl (C=O) groups excluding carboxylic acids is 1. The summed E-state index contributed by atoms with van der Waals surface area (Å²) in [5, 5.41) is 37.8. The topological polar surface area (TPSA) is 124 Å². The van der Waals surface area contributed by atoms with Crippen LogP contribution in [0, 0.1) is 0 Å². The number of rotatable bonds is 9. The van der Waals surface area contributed by atoms with E-state index in [1.165, 1.54) is 13.0 Å². The minimum atomic E-state index is -1.12. The smallest absolute Gasteiger partial charge is 0.334 e. The fourth-order valence-electron chi connectivity index (χ4n) is 3.40. The molecule has 0 spiro atoms. The van der Waals surface area contributed by atoms with E-state index in [-0.39, 0.29) is 42.3 Å². The van der Waals surface area contributed by atoms with Crippen LogP contribution in [0.5, 0.6) is 11.5 Å². The number of phenols is 2. The van der Waals surface area contributed by atoms with Gasteiger partial charge in [0.15, 0.2) is 0 Å². The number of hydrogen-bond donors (Lipinski definition) is 4. The van der Waals surface area contributed by atoms with Gasteiger partial charge < -0.3 is 25.2 Å². The second kappa shape index (κ2) is 10.6. The average molecular weight is 440 g/mol. The molecule has 0 saturated heterocycles. The highest BCUT2D eigenvalue weighted by Gasteiger charge is 2.31. The van der Waals surface area contributed by atoms with Crippen molar-refractivity contribution in [1.29, 1.82) is 0 Å². The van der Waals surface area contributed by atoms with E-state index in [0.29, 0.717) is 5.57 Å². The molecular formula is C25H28O7. The van der Waals surface area contributed by atoms with E-state index in [1.54, 1.807) is 55.5 Å². The first-order chi connectivity index (χ1) is 15.1. The van der Waals surface area contributed by atoms with E-state index >= 15 is 0 Å². The standard InChI is InChI=1S/C25H28O7/c1-16(23(29)30)14-18(17(2)24(31)32-13-12-26)15-25(3,19-4-8-21(27)9-5-19)20-6-10-22(28)11-7-20/h4-11,14,26-28H,12-13,15H2,1-3H3,(H,29,30). The summed E-state index contributed by atoms with van der Waals surface area (Å²) >= 11 is 0. The Bertz CT molecular complexity index is 970. The lowest BCUT2D eigenvalue weighted by molar-refractivity contribution is -0.140.